The van der Waals surface area contributed by atoms with Crippen molar-refractivity contribution in [3.63, 3.8) is 0 Å². The standard InChI is InChI=1S/C53H57N7O6/c1-3-45(61)57-46(32-22-25-66-26-23-32)49(62)40-11-7-12-41(40)50-55-42-21-19-37-28-36(18-20-39(37)48(42)58-50)33-14-15-35-29-38(17-16-34(35)27-33)43-30-54-51(56-43)44-13-8-24-60(44)52(63)47(59-53(64)65-2)31-9-5-4-6-10-31/h4-6,9-10,14-18,20,27-30,32,40-41,44,46-47H,3,7-8,11-13,19,21-26H2,1-2H3,(H,54,56)(H,55,58)(H,57,61)(H,59,64)/t40?,41-,44+,46+,47-/m1/s1. The van der Waals surface area contributed by atoms with Crippen molar-refractivity contribution >= 4 is 34.5 Å². The number of nitrogens with one attached hydrogen (secondary N) is 4. The van der Waals surface area contributed by atoms with Crippen LogP contribution in [0.4, 0.5) is 4.79 Å². The Morgan fingerprint density at radius 3 is 2.36 bits per heavy atom. The van der Waals surface area contributed by atoms with Gasteiger partial charge in [-0.25, -0.2) is 14.8 Å². The van der Waals surface area contributed by atoms with Crippen LogP contribution in [0.1, 0.15) is 105 Å². The Morgan fingerprint density at radius 1 is 0.818 bits per heavy atom. The number of amides is 3. The molecule has 10 rings (SSSR count). The van der Waals surface area contributed by atoms with Gasteiger partial charge in [0.25, 0.3) is 5.91 Å². The third-order valence-electron chi connectivity index (χ3n) is 14.5. The summed E-state index contributed by atoms with van der Waals surface area (Å²) in [4.78, 5) is 72.2. The van der Waals surface area contributed by atoms with Gasteiger partial charge in [-0.1, -0.05) is 86.1 Å². The fourth-order valence-electron chi connectivity index (χ4n) is 10.9. The molecule has 13 heteroatoms. The fourth-order valence-corrected chi connectivity index (χ4v) is 10.9. The molecule has 4 aromatic carbocycles. The topological polar surface area (TPSA) is 171 Å². The Balaban J connectivity index is 0.841. The summed E-state index contributed by atoms with van der Waals surface area (Å²) in [6, 6.07) is 27.3. The number of imidazole rings is 2. The maximum atomic E-state index is 14.3. The van der Waals surface area contributed by atoms with Crippen molar-refractivity contribution in [1.82, 2.24) is 35.5 Å². The van der Waals surface area contributed by atoms with Crippen LogP contribution in [0.2, 0.25) is 0 Å². The van der Waals surface area contributed by atoms with Crippen LogP contribution in [-0.4, -0.2) is 81.4 Å². The van der Waals surface area contributed by atoms with Crippen molar-refractivity contribution in [1.29, 1.82) is 0 Å². The molecule has 4 heterocycles. The van der Waals surface area contributed by atoms with Crippen LogP contribution in [0.25, 0.3) is 44.4 Å². The molecule has 0 bridgehead atoms. The van der Waals surface area contributed by atoms with Crippen LogP contribution >= 0.6 is 0 Å². The molecule has 0 radical (unpaired) electrons. The monoisotopic (exact) mass is 887 g/mol. The van der Waals surface area contributed by atoms with E-state index in [1.807, 2.05) is 43.5 Å². The van der Waals surface area contributed by atoms with Gasteiger partial charge >= 0.3 is 6.09 Å². The number of aryl methyl sites for hydroxylation is 2. The summed E-state index contributed by atoms with van der Waals surface area (Å²) >= 11 is 0. The van der Waals surface area contributed by atoms with E-state index in [0.29, 0.717) is 37.6 Å². The van der Waals surface area contributed by atoms with E-state index >= 15 is 0 Å². The van der Waals surface area contributed by atoms with Crippen LogP contribution in [0, 0.1) is 11.8 Å². The number of ketones is 1. The summed E-state index contributed by atoms with van der Waals surface area (Å²) in [5, 5.41) is 8.07. The fraction of sp³-hybridized carbons (Fsp3) is 0.396. The van der Waals surface area contributed by atoms with E-state index in [9.17, 15) is 19.2 Å². The highest BCUT2D eigenvalue weighted by Gasteiger charge is 2.43. The lowest BCUT2D eigenvalue weighted by Crippen LogP contribution is -2.50. The number of aromatic amines is 2. The molecule has 13 nitrogen and oxygen atoms in total. The highest BCUT2D eigenvalue weighted by Crippen LogP contribution is 2.44. The third-order valence-corrected chi connectivity index (χ3v) is 14.5. The van der Waals surface area contributed by atoms with Crippen LogP contribution < -0.4 is 10.6 Å². The maximum Gasteiger partial charge on any atom is 0.407 e. The van der Waals surface area contributed by atoms with Gasteiger partial charge in [0.1, 0.15) is 17.7 Å². The quantitative estimate of drug-likeness (QED) is 0.0944. The molecule has 0 spiro atoms. The van der Waals surface area contributed by atoms with Gasteiger partial charge in [-0.15, -0.1) is 0 Å². The Bertz CT molecular complexity index is 2770. The molecule has 340 valence electrons. The number of benzene rings is 4. The van der Waals surface area contributed by atoms with Crippen molar-refractivity contribution in [3.8, 4) is 33.6 Å². The van der Waals surface area contributed by atoms with Crippen molar-refractivity contribution in [2.24, 2.45) is 11.8 Å². The number of hydrogen-bond donors (Lipinski definition) is 4. The molecule has 1 saturated carbocycles. The largest absolute Gasteiger partial charge is 0.453 e. The number of alkyl carbamates (subject to hydrolysis) is 1. The van der Waals surface area contributed by atoms with Gasteiger partial charge in [-0.3, -0.25) is 14.4 Å². The number of nitrogens with zero attached hydrogens (tertiary/aromatic N) is 3. The van der Waals surface area contributed by atoms with Crippen molar-refractivity contribution in [2.75, 3.05) is 26.9 Å². The number of H-pyrrole nitrogens is 2. The molecule has 2 saturated heterocycles. The van der Waals surface area contributed by atoms with Crippen molar-refractivity contribution in [2.45, 2.75) is 95.2 Å². The second-order valence-corrected chi connectivity index (χ2v) is 18.3. The molecule has 3 fully saturated rings. The van der Waals surface area contributed by atoms with Crippen molar-refractivity contribution < 1.29 is 28.7 Å². The average molecular weight is 888 g/mol. The SMILES string of the molecule is CCC(=O)N[C@H](C(=O)C1CCC[C@H]1c1nc2c([nH]1)-c1ccc(-c3ccc4cc(-c5cnc([C@@H]6CCCN6C(=O)[C@H](NC(=O)OC)c6ccccc6)[nH]5)ccc4c3)cc1CC2)C1CCOCC1. The van der Waals surface area contributed by atoms with Crippen LogP contribution in [0.15, 0.2) is 91.1 Å². The number of likely N-dealkylation sites (tertiary alicyclic amines) is 1. The highest BCUT2D eigenvalue weighted by molar-refractivity contribution is 5.93. The number of hydrogen-bond acceptors (Lipinski definition) is 8. The van der Waals surface area contributed by atoms with E-state index in [0.717, 1.165) is 108 Å². The number of carbonyl (C=O) groups is 4. The number of rotatable bonds is 12. The molecule has 1 unspecified atom stereocenters. The Labute approximate surface area is 384 Å². The van der Waals surface area contributed by atoms with Crippen LogP contribution in [0.5, 0.6) is 0 Å². The molecule has 6 aromatic rings. The van der Waals surface area contributed by atoms with Crippen LogP contribution in [-0.2, 0) is 36.7 Å². The second kappa shape index (κ2) is 18.7. The summed E-state index contributed by atoms with van der Waals surface area (Å²) in [7, 11) is 1.29. The van der Waals surface area contributed by atoms with E-state index in [1.54, 1.807) is 4.90 Å². The van der Waals surface area contributed by atoms with E-state index < -0.39 is 18.2 Å². The van der Waals surface area contributed by atoms with E-state index in [2.05, 4.69) is 75.2 Å². The van der Waals surface area contributed by atoms with Gasteiger partial charge < -0.3 is 35.0 Å². The van der Waals surface area contributed by atoms with Crippen LogP contribution in [0.3, 0.4) is 0 Å². The zero-order valence-corrected chi connectivity index (χ0v) is 37.6. The Kier molecular flexibility index (Phi) is 12.3. The first-order valence-corrected chi connectivity index (χ1v) is 23.7. The summed E-state index contributed by atoms with van der Waals surface area (Å²) in [6.07, 6.45) is 9.06. The molecular formula is C53H57N7O6. The number of ether oxygens (including phenoxy) is 2. The van der Waals surface area contributed by atoms with Gasteiger partial charge in [0.2, 0.25) is 5.91 Å². The lowest BCUT2D eigenvalue weighted by molar-refractivity contribution is -0.134. The molecular weight excluding hydrogens is 831 g/mol. The van der Waals surface area contributed by atoms with Gasteiger partial charge in [0, 0.05) is 49.1 Å². The minimum absolute atomic E-state index is 0.00454. The number of fused-ring (bicyclic) bond motifs is 4. The molecule has 4 N–H and O–H groups in total. The highest BCUT2D eigenvalue weighted by atomic mass is 16.5. The zero-order chi connectivity index (χ0) is 45.3. The molecule has 3 amide bonds. The van der Waals surface area contributed by atoms with E-state index in [4.69, 9.17) is 19.4 Å². The van der Waals surface area contributed by atoms with Crippen molar-refractivity contribution in [3.05, 3.63) is 120 Å². The lowest BCUT2D eigenvalue weighted by Gasteiger charge is -2.32. The zero-order valence-electron chi connectivity index (χ0n) is 37.6. The minimum atomic E-state index is -0.878. The average Bonchev–Trinajstić information content (AvgIpc) is 4.21. The summed E-state index contributed by atoms with van der Waals surface area (Å²) in [5.41, 5.74) is 9.41. The predicted molar refractivity (Wildman–Crippen MR) is 251 cm³/mol. The molecule has 4 aliphatic rings. The second-order valence-electron chi connectivity index (χ2n) is 18.3. The molecule has 2 aromatic heterocycles. The first-order chi connectivity index (χ1) is 32.3. The molecule has 5 atom stereocenters. The first kappa shape index (κ1) is 43.3. The minimum Gasteiger partial charge on any atom is -0.453 e. The summed E-state index contributed by atoms with van der Waals surface area (Å²) in [5.74, 6) is 1.41. The smallest absolute Gasteiger partial charge is 0.407 e. The molecule has 2 aliphatic carbocycles. The van der Waals surface area contributed by atoms with E-state index in [1.165, 1.54) is 18.2 Å². The summed E-state index contributed by atoms with van der Waals surface area (Å²) in [6.45, 7) is 3.64. The molecule has 2 aliphatic heterocycles. The molecule has 66 heavy (non-hydrogen) atoms. The number of Topliss-reactive ketones (excluding diaryl/α,β-unsaturated/α-hetero) is 1. The predicted octanol–water partition coefficient (Wildman–Crippen LogP) is 8.92. The maximum absolute atomic E-state index is 14.3. The summed E-state index contributed by atoms with van der Waals surface area (Å²) < 4.78 is 10.5. The normalized spacial score (nSPS) is 20.3. The number of carbonyl (C=O) groups excluding carboxylic acids is 4. The van der Waals surface area contributed by atoms with Gasteiger partial charge in [0.05, 0.1) is 42.5 Å². The van der Waals surface area contributed by atoms with Gasteiger partial charge in [-0.2, -0.15) is 0 Å². The third kappa shape index (κ3) is 8.52. The number of methoxy groups -OCH3 is 1. The number of aromatic nitrogens is 4. The Morgan fingerprint density at radius 2 is 1.58 bits per heavy atom. The Hall–Kier alpha value is -6.60. The first-order valence-electron chi connectivity index (χ1n) is 23.7. The van der Waals surface area contributed by atoms with Gasteiger partial charge in [0.15, 0.2) is 5.78 Å². The lowest BCUT2D eigenvalue weighted by atomic mass is 9.80. The van der Waals surface area contributed by atoms with Gasteiger partial charge in [-0.05, 0) is 102 Å². The van der Waals surface area contributed by atoms with E-state index in [-0.39, 0.29) is 41.4 Å².